The molecule has 1 aliphatic rings. The molecule has 1 atom stereocenters. The SMILES string of the molecule is COc1cccc(C2=CC(C)Oc3ccc(C(=O)N=C(N)N)cc32)c1F. The predicted molar refractivity (Wildman–Crippen MR) is 96.7 cm³/mol. The summed E-state index contributed by atoms with van der Waals surface area (Å²) in [6, 6.07) is 9.68. The average Bonchev–Trinajstić information content (AvgIpc) is 2.60. The number of nitrogens with zero attached hydrogens (tertiary/aromatic N) is 1. The molecule has 2 aromatic rings. The van der Waals surface area contributed by atoms with E-state index in [1.165, 1.54) is 7.11 Å². The van der Waals surface area contributed by atoms with Gasteiger partial charge in [-0.15, -0.1) is 0 Å². The number of ether oxygens (including phenoxy) is 2. The Kier molecular flexibility index (Phi) is 4.62. The van der Waals surface area contributed by atoms with Crippen molar-refractivity contribution in [3.63, 3.8) is 0 Å². The van der Waals surface area contributed by atoms with Crippen molar-refractivity contribution in [1.82, 2.24) is 0 Å². The minimum atomic E-state index is -0.586. The molecule has 0 aromatic heterocycles. The summed E-state index contributed by atoms with van der Waals surface area (Å²) in [5.41, 5.74) is 12.3. The Labute approximate surface area is 149 Å². The Morgan fingerprint density at radius 2 is 2.00 bits per heavy atom. The number of rotatable bonds is 3. The van der Waals surface area contributed by atoms with Crippen LogP contribution in [0.3, 0.4) is 0 Å². The number of carbonyl (C=O) groups is 1. The molecule has 0 aliphatic carbocycles. The highest BCUT2D eigenvalue weighted by Gasteiger charge is 2.24. The first-order chi connectivity index (χ1) is 12.4. The molecule has 0 saturated heterocycles. The van der Waals surface area contributed by atoms with Crippen LogP contribution in [0.25, 0.3) is 5.57 Å². The normalized spacial score (nSPS) is 15.3. The van der Waals surface area contributed by atoms with Crippen LogP contribution >= 0.6 is 0 Å². The van der Waals surface area contributed by atoms with Crippen molar-refractivity contribution in [3.8, 4) is 11.5 Å². The second-order valence-electron chi connectivity index (χ2n) is 5.78. The average molecular weight is 355 g/mol. The third-order valence-electron chi connectivity index (χ3n) is 3.93. The Bertz CT molecular complexity index is 934. The molecule has 0 bridgehead atoms. The van der Waals surface area contributed by atoms with E-state index in [1.807, 2.05) is 6.92 Å². The van der Waals surface area contributed by atoms with Crippen molar-refractivity contribution in [2.24, 2.45) is 16.5 Å². The van der Waals surface area contributed by atoms with Crippen molar-refractivity contribution >= 4 is 17.4 Å². The van der Waals surface area contributed by atoms with Crippen LogP contribution in [0, 0.1) is 5.82 Å². The van der Waals surface area contributed by atoms with Gasteiger partial charge in [-0.1, -0.05) is 12.1 Å². The van der Waals surface area contributed by atoms with E-state index in [0.29, 0.717) is 22.4 Å². The van der Waals surface area contributed by atoms with Crippen LogP contribution in [0.2, 0.25) is 0 Å². The second kappa shape index (κ2) is 6.87. The van der Waals surface area contributed by atoms with Crippen LogP contribution in [0.15, 0.2) is 47.5 Å². The zero-order valence-electron chi connectivity index (χ0n) is 14.3. The highest BCUT2D eigenvalue weighted by atomic mass is 19.1. The van der Waals surface area contributed by atoms with E-state index < -0.39 is 11.7 Å². The van der Waals surface area contributed by atoms with Crippen molar-refractivity contribution in [1.29, 1.82) is 0 Å². The number of benzene rings is 2. The van der Waals surface area contributed by atoms with Crippen molar-refractivity contribution in [3.05, 3.63) is 65.0 Å². The quantitative estimate of drug-likeness (QED) is 0.651. The molecule has 4 N–H and O–H groups in total. The van der Waals surface area contributed by atoms with Gasteiger partial charge in [-0.25, -0.2) is 4.39 Å². The van der Waals surface area contributed by atoms with Gasteiger partial charge in [0, 0.05) is 16.7 Å². The van der Waals surface area contributed by atoms with Gasteiger partial charge in [-0.05, 0) is 42.8 Å². The number of fused-ring (bicyclic) bond motifs is 1. The molecule has 7 heteroatoms. The van der Waals surface area contributed by atoms with Crippen LogP contribution in [0.5, 0.6) is 11.5 Å². The van der Waals surface area contributed by atoms with Crippen molar-refractivity contribution in [2.45, 2.75) is 13.0 Å². The summed E-state index contributed by atoms with van der Waals surface area (Å²) in [5, 5.41) is 0. The minimum Gasteiger partial charge on any atom is -0.494 e. The molecule has 3 rings (SSSR count). The molecule has 1 aliphatic heterocycles. The number of nitrogens with two attached hydrogens (primary N) is 2. The number of amides is 1. The first-order valence-corrected chi connectivity index (χ1v) is 7.90. The van der Waals surface area contributed by atoms with Crippen LogP contribution in [-0.2, 0) is 0 Å². The first-order valence-electron chi connectivity index (χ1n) is 7.90. The number of aliphatic imine (C=N–C) groups is 1. The number of carbonyl (C=O) groups excluding carboxylic acids is 1. The molecule has 6 nitrogen and oxygen atoms in total. The molecule has 0 fully saturated rings. The van der Waals surface area contributed by atoms with Gasteiger partial charge >= 0.3 is 0 Å². The van der Waals surface area contributed by atoms with Crippen LogP contribution in [-0.4, -0.2) is 25.1 Å². The van der Waals surface area contributed by atoms with E-state index in [1.54, 1.807) is 42.5 Å². The standard InChI is InChI=1S/C19H18FN3O3/c1-10-8-13(12-4-3-5-16(25-2)17(12)20)14-9-11(6-7-15(14)26-10)18(24)23-19(21)22/h3-10H,1-2H3,(H4,21,22,23,24). The fourth-order valence-corrected chi connectivity index (χ4v) is 2.83. The van der Waals surface area contributed by atoms with Gasteiger partial charge in [0.2, 0.25) is 0 Å². The lowest BCUT2D eigenvalue weighted by Crippen LogP contribution is -2.24. The molecular weight excluding hydrogens is 337 g/mol. The fraction of sp³-hybridized carbons (Fsp3) is 0.158. The van der Waals surface area contributed by atoms with Crippen molar-refractivity contribution in [2.75, 3.05) is 7.11 Å². The third kappa shape index (κ3) is 3.23. The summed E-state index contributed by atoms with van der Waals surface area (Å²) < 4.78 is 25.6. The van der Waals surface area contributed by atoms with E-state index in [-0.39, 0.29) is 23.4 Å². The van der Waals surface area contributed by atoms with Crippen LogP contribution in [0.1, 0.15) is 28.4 Å². The molecule has 1 unspecified atom stereocenters. The zero-order chi connectivity index (χ0) is 18.8. The van der Waals surface area contributed by atoms with Gasteiger partial charge < -0.3 is 20.9 Å². The van der Waals surface area contributed by atoms with E-state index in [2.05, 4.69) is 4.99 Å². The molecular formula is C19H18FN3O3. The maximum absolute atomic E-state index is 14.8. The minimum absolute atomic E-state index is 0.136. The predicted octanol–water partition coefficient (Wildman–Crippen LogP) is 2.46. The third-order valence-corrected chi connectivity index (χ3v) is 3.93. The summed E-state index contributed by atoms with van der Waals surface area (Å²) in [7, 11) is 1.41. The number of hydrogen-bond donors (Lipinski definition) is 2. The number of halogens is 1. The maximum Gasteiger partial charge on any atom is 0.280 e. The Morgan fingerprint density at radius 3 is 2.69 bits per heavy atom. The smallest absolute Gasteiger partial charge is 0.280 e. The molecule has 1 heterocycles. The number of methoxy groups -OCH3 is 1. The Hall–Kier alpha value is -3.35. The Balaban J connectivity index is 2.15. The summed E-state index contributed by atoms with van der Waals surface area (Å²) in [4.78, 5) is 15.6. The second-order valence-corrected chi connectivity index (χ2v) is 5.78. The van der Waals surface area contributed by atoms with Gasteiger partial charge in [-0.2, -0.15) is 4.99 Å². The topological polar surface area (TPSA) is 99.9 Å². The highest BCUT2D eigenvalue weighted by Crippen LogP contribution is 2.39. The fourth-order valence-electron chi connectivity index (χ4n) is 2.83. The number of hydrogen-bond acceptors (Lipinski definition) is 3. The summed E-state index contributed by atoms with van der Waals surface area (Å²) in [6.07, 6.45) is 1.53. The van der Waals surface area contributed by atoms with Gasteiger partial charge in [0.05, 0.1) is 7.11 Å². The lowest BCUT2D eigenvalue weighted by atomic mass is 9.92. The monoisotopic (exact) mass is 355 g/mol. The summed E-state index contributed by atoms with van der Waals surface area (Å²) in [5.74, 6) is -0.721. The van der Waals surface area contributed by atoms with Gasteiger partial charge in [0.15, 0.2) is 17.5 Å². The lowest BCUT2D eigenvalue weighted by Gasteiger charge is -2.24. The summed E-state index contributed by atoms with van der Waals surface area (Å²) in [6.45, 7) is 1.85. The van der Waals surface area contributed by atoms with E-state index in [9.17, 15) is 9.18 Å². The number of guanidine groups is 1. The zero-order valence-corrected chi connectivity index (χ0v) is 14.3. The lowest BCUT2D eigenvalue weighted by molar-refractivity contribution is 0.100. The molecule has 2 aromatic carbocycles. The molecule has 0 spiro atoms. The highest BCUT2D eigenvalue weighted by molar-refractivity contribution is 6.03. The molecule has 0 saturated carbocycles. The van der Waals surface area contributed by atoms with Crippen molar-refractivity contribution < 1.29 is 18.7 Å². The maximum atomic E-state index is 14.8. The van der Waals surface area contributed by atoms with Gasteiger partial charge in [-0.3, -0.25) is 4.79 Å². The van der Waals surface area contributed by atoms with Crippen LogP contribution < -0.4 is 20.9 Å². The first kappa shape index (κ1) is 17.5. The molecule has 1 amide bonds. The van der Waals surface area contributed by atoms with E-state index in [4.69, 9.17) is 20.9 Å². The van der Waals surface area contributed by atoms with E-state index >= 15 is 0 Å². The van der Waals surface area contributed by atoms with Gasteiger partial charge in [0.25, 0.3) is 5.91 Å². The van der Waals surface area contributed by atoms with Gasteiger partial charge in [0.1, 0.15) is 11.9 Å². The largest absolute Gasteiger partial charge is 0.494 e. The molecule has 0 radical (unpaired) electrons. The van der Waals surface area contributed by atoms with E-state index in [0.717, 1.165) is 0 Å². The van der Waals surface area contributed by atoms with Crippen LogP contribution in [0.4, 0.5) is 4.39 Å². The summed E-state index contributed by atoms with van der Waals surface area (Å²) >= 11 is 0. The Morgan fingerprint density at radius 1 is 1.23 bits per heavy atom. The molecule has 26 heavy (non-hydrogen) atoms. The molecule has 134 valence electrons.